The fourth-order valence-corrected chi connectivity index (χ4v) is 9.78. The van der Waals surface area contributed by atoms with Gasteiger partial charge in [0, 0.05) is 6.54 Å². The lowest BCUT2D eigenvalue weighted by atomic mass is 9.92. The van der Waals surface area contributed by atoms with Crippen LogP contribution < -0.4 is 33.4 Å². The van der Waals surface area contributed by atoms with Crippen molar-refractivity contribution in [2.45, 2.75) is 38.1 Å². The van der Waals surface area contributed by atoms with Crippen molar-refractivity contribution in [2.24, 2.45) is 22.0 Å². The molecule has 0 aliphatic carbocycles. The molecule has 2 aromatic carbocycles. The highest BCUT2D eigenvalue weighted by molar-refractivity contribution is 7.50. The lowest BCUT2D eigenvalue weighted by molar-refractivity contribution is -0.357. The van der Waals surface area contributed by atoms with Crippen LogP contribution >= 0.6 is 23.5 Å². The Labute approximate surface area is 277 Å². The molecular formula is C25H30N5O16P3. The van der Waals surface area contributed by atoms with Gasteiger partial charge in [-0.25, -0.2) is 18.2 Å². The van der Waals surface area contributed by atoms with Gasteiger partial charge in [0.25, 0.3) is 0 Å². The van der Waals surface area contributed by atoms with Crippen LogP contribution in [0.25, 0.3) is 0 Å². The fraction of sp³-hybridized carbons (Fsp3) is 0.440. The van der Waals surface area contributed by atoms with E-state index in [1.807, 2.05) is 24.3 Å². The lowest BCUT2D eigenvalue weighted by Gasteiger charge is -2.45. The summed E-state index contributed by atoms with van der Waals surface area (Å²) in [6.07, 6.45) is 5.57. The van der Waals surface area contributed by atoms with Crippen LogP contribution in [0, 0.1) is 5.92 Å². The van der Waals surface area contributed by atoms with Gasteiger partial charge in [-0.05, 0) is 74.5 Å². The third kappa shape index (κ3) is 5.79. The van der Waals surface area contributed by atoms with Gasteiger partial charge in [-0.15, -0.1) is 9.25 Å². The number of piperidine rings is 1. The maximum atomic E-state index is 13.4. The van der Waals surface area contributed by atoms with Gasteiger partial charge >= 0.3 is 29.4 Å². The van der Waals surface area contributed by atoms with Crippen molar-refractivity contribution in [1.82, 2.24) is 10.1 Å². The minimum Gasteiger partial charge on any atom is -0.494 e. The molecule has 0 aromatic heterocycles. The number of nitrogens with two attached hydrogens (primary N) is 1. The number of hydrazone groups is 1. The molecule has 11 bridgehead atoms. The smallest absolute Gasteiger partial charge is 0.494 e. The van der Waals surface area contributed by atoms with Crippen molar-refractivity contribution < 1.29 is 75.1 Å². The molecule has 266 valence electrons. The topological polar surface area (TPSA) is 273 Å². The molecule has 2 aromatic rings. The first kappa shape index (κ1) is 33.9. The van der Waals surface area contributed by atoms with Crippen molar-refractivity contribution in [2.75, 3.05) is 26.2 Å². The maximum Gasteiger partial charge on any atom is 0.647 e. The van der Waals surface area contributed by atoms with Crippen LogP contribution in [0.4, 0.5) is 0 Å². The lowest BCUT2D eigenvalue weighted by Crippen LogP contribution is -2.52. The Morgan fingerprint density at radius 2 is 1.57 bits per heavy atom. The standard InChI is InChI=1S/C25H26N5O14P3.2H2O/c26-27-14-16-3-5-17(6-4-16)34-13-1-2-15-7-10-29(11-8-15)12-9-25-35-21-22-19-18-20(23(21)39-45(31,36-19)38-22)37-46(32)42-28-24(18)30(43-46)44-47(33,40-25)41-25;;/h3-6,14-15H,1-2,7-13,26H2;2*1H2/b27-14+;;. The number of likely N-dealkylation sites (tertiary alicyclic amines) is 1. The molecular weight excluding hydrogens is 719 g/mol. The molecule has 49 heavy (non-hydrogen) atoms. The molecule has 13 rings (SSSR count). The first-order valence-corrected chi connectivity index (χ1v) is 19.1. The number of amidine groups is 1. The van der Waals surface area contributed by atoms with E-state index in [-0.39, 0.29) is 57.5 Å². The molecule has 0 radical (unpaired) electrons. The Balaban J connectivity index is 0.00000189. The van der Waals surface area contributed by atoms with Gasteiger partial charge in [-0.2, -0.15) is 9.67 Å². The quantitative estimate of drug-likeness (QED) is 0.127. The van der Waals surface area contributed by atoms with E-state index < -0.39 is 29.4 Å². The average Bonchev–Trinajstić information content (AvgIpc) is 3.10. The molecule has 2 unspecified atom stereocenters. The maximum absolute atomic E-state index is 13.4. The number of phosphoric ester groups is 2. The van der Waals surface area contributed by atoms with Crippen molar-refractivity contribution in [3.8, 4) is 34.5 Å². The number of hydroxylamine groups is 2. The first-order chi connectivity index (χ1) is 22.6. The molecule has 6 N–H and O–H groups in total. The Bertz CT molecular complexity index is 1860. The number of rotatable bonds is 9. The minimum atomic E-state index is -4.53. The van der Waals surface area contributed by atoms with Gasteiger partial charge < -0.3 is 49.3 Å². The highest BCUT2D eigenvalue weighted by Crippen LogP contribution is 2.78. The molecule has 2 saturated heterocycles. The van der Waals surface area contributed by atoms with Crippen LogP contribution in [0.1, 0.15) is 43.2 Å². The van der Waals surface area contributed by atoms with E-state index in [4.69, 9.17) is 56.3 Å². The SMILES string of the molecule is N/N=C/c1ccc(OCCCC2CCN(CCC34Oc5c6c7c8c(c5OP(=O)(O6)O7)OP5(=O)ON=C8N(O5)OP(=O)(O3)O4)CC2)cc1.O.O. The van der Waals surface area contributed by atoms with Gasteiger partial charge in [-0.3, -0.25) is 4.62 Å². The number of nitrogens with zero attached hydrogens (tertiary/aromatic N) is 4. The molecule has 11 aliphatic rings. The molecule has 2 fully saturated rings. The normalized spacial score (nSPS) is 31.3. The second kappa shape index (κ2) is 12.0. The van der Waals surface area contributed by atoms with E-state index in [0.29, 0.717) is 24.3 Å². The summed E-state index contributed by atoms with van der Waals surface area (Å²) in [4.78, 5) is 2.22. The average molecular weight is 749 g/mol. The van der Waals surface area contributed by atoms with E-state index in [0.717, 1.165) is 50.1 Å². The van der Waals surface area contributed by atoms with Crippen LogP contribution in [0.5, 0.6) is 34.5 Å². The number of benzene rings is 2. The predicted molar refractivity (Wildman–Crippen MR) is 163 cm³/mol. The third-order valence-electron chi connectivity index (χ3n) is 8.39. The first-order valence-electron chi connectivity index (χ1n) is 14.7. The summed E-state index contributed by atoms with van der Waals surface area (Å²) in [7, 11) is -13.1. The van der Waals surface area contributed by atoms with E-state index in [2.05, 4.69) is 15.2 Å². The number of phosphoric acid groups is 3. The summed E-state index contributed by atoms with van der Waals surface area (Å²) < 4.78 is 100. The van der Waals surface area contributed by atoms with E-state index in [1.165, 1.54) is 0 Å². The molecule has 0 spiro atoms. The Hall–Kier alpha value is -3.61. The van der Waals surface area contributed by atoms with Crippen molar-refractivity contribution in [3.63, 3.8) is 0 Å². The summed E-state index contributed by atoms with van der Waals surface area (Å²) in [6, 6.07) is 7.58. The molecule has 11 heterocycles. The van der Waals surface area contributed by atoms with Crippen LogP contribution in [-0.2, 0) is 36.6 Å². The number of oxime groups is 1. The van der Waals surface area contributed by atoms with E-state index in [1.54, 1.807) is 6.21 Å². The zero-order chi connectivity index (χ0) is 32.0. The predicted octanol–water partition coefficient (Wildman–Crippen LogP) is 3.12. The van der Waals surface area contributed by atoms with Crippen molar-refractivity contribution in [1.29, 1.82) is 0 Å². The highest BCUT2D eigenvalue weighted by atomic mass is 31.2. The third-order valence-corrected chi connectivity index (χ3v) is 12.0. The highest BCUT2D eigenvalue weighted by Gasteiger charge is 2.67. The van der Waals surface area contributed by atoms with E-state index >= 15 is 0 Å². The minimum absolute atomic E-state index is 0. The molecule has 24 heteroatoms. The number of ether oxygens (including phenoxy) is 2. The molecule has 11 aliphatic heterocycles. The number of hydrogen-bond acceptors (Lipinski definition) is 19. The molecule has 0 amide bonds. The fourth-order valence-electron chi connectivity index (χ4n) is 6.17. The Morgan fingerprint density at radius 1 is 0.918 bits per heavy atom. The summed E-state index contributed by atoms with van der Waals surface area (Å²) in [5.74, 6) is 3.13. The number of fused-ring (bicyclic) bond motifs is 2. The van der Waals surface area contributed by atoms with Gasteiger partial charge in [0.05, 0.1) is 19.2 Å². The van der Waals surface area contributed by atoms with Gasteiger partial charge in [-0.1, -0.05) is 10.4 Å². The van der Waals surface area contributed by atoms with Crippen molar-refractivity contribution in [3.05, 3.63) is 35.4 Å². The van der Waals surface area contributed by atoms with Gasteiger partial charge in [0.1, 0.15) is 11.3 Å². The van der Waals surface area contributed by atoms with Crippen LogP contribution in [-0.4, -0.2) is 65.3 Å². The zero-order valence-corrected chi connectivity index (χ0v) is 27.9. The van der Waals surface area contributed by atoms with Crippen LogP contribution in [0.15, 0.2) is 34.5 Å². The Morgan fingerprint density at radius 3 is 2.27 bits per heavy atom. The zero-order valence-electron chi connectivity index (χ0n) is 25.3. The van der Waals surface area contributed by atoms with Crippen LogP contribution in [0.2, 0.25) is 0 Å². The van der Waals surface area contributed by atoms with E-state index in [9.17, 15) is 13.7 Å². The summed E-state index contributed by atoms with van der Waals surface area (Å²) in [5, 5.41) is 7.67. The number of hydrogen-bond donors (Lipinski definition) is 1. The monoisotopic (exact) mass is 749 g/mol. The van der Waals surface area contributed by atoms with Crippen molar-refractivity contribution >= 4 is 35.5 Å². The molecule has 0 saturated carbocycles. The summed E-state index contributed by atoms with van der Waals surface area (Å²) in [5.41, 5.74) is 0.805. The van der Waals surface area contributed by atoms with Gasteiger partial charge in [0.2, 0.25) is 23.1 Å². The molecule has 2 atom stereocenters. The largest absolute Gasteiger partial charge is 0.647 e. The summed E-state index contributed by atoms with van der Waals surface area (Å²) >= 11 is 0. The second-order valence-electron chi connectivity index (χ2n) is 11.5. The van der Waals surface area contributed by atoms with Gasteiger partial charge in [0.15, 0.2) is 11.5 Å². The second-order valence-corrected chi connectivity index (χ2v) is 15.8. The molecule has 21 nitrogen and oxygen atoms in total. The Kier molecular flexibility index (Phi) is 8.31. The summed E-state index contributed by atoms with van der Waals surface area (Å²) in [6.45, 7) is 2.68. The van der Waals surface area contributed by atoms with Crippen LogP contribution in [0.3, 0.4) is 0 Å².